The predicted molar refractivity (Wildman–Crippen MR) is 84.7 cm³/mol. The topological polar surface area (TPSA) is 44.5 Å². The molecule has 108 valence electrons. The molecule has 2 aliphatic rings. The molecule has 0 radical (unpaired) electrons. The van der Waals surface area contributed by atoms with Crippen LogP contribution < -0.4 is 15.2 Å². The van der Waals surface area contributed by atoms with Gasteiger partial charge in [0.15, 0.2) is 0 Å². The molecule has 4 rings (SSSR count). The molecule has 0 aromatic heterocycles. The lowest BCUT2D eigenvalue weighted by Crippen LogP contribution is -2.24. The van der Waals surface area contributed by atoms with Gasteiger partial charge in [0.25, 0.3) is 0 Å². The lowest BCUT2D eigenvalue weighted by atomic mass is 9.93. The maximum atomic E-state index is 6.32. The standard InChI is InChI=1S/C17H16BrNO2/c18-12-2-3-13-14(19)9-16(21-17(13)8-12)10-1-4-15-11(7-10)5-6-20-15/h1-4,7-8,14,16H,5-6,9,19H2. The van der Waals surface area contributed by atoms with Crippen LogP contribution in [0.3, 0.4) is 0 Å². The highest BCUT2D eigenvalue weighted by atomic mass is 79.9. The van der Waals surface area contributed by atoms with Crippen LogP contribution in [0.15, 0.2) is 40.9 Å². The third kappa shape index (κ3) is 2.32. The fourth-order valence-electron chi connectivity index (χ4n) is 3.09. The van der Waals surface area contributed by atoms with Crippen molar-refractivity contribution in [3.8, 4) is 11.5 Å². The molecule has 2 aromatic carbocycles. The Morgan fingerprint density at radius 1 is 1.10 bits per heavy atom. The fraction of sp³-hybridized carbons (Fsp3) is 0.294. The van der Waals surface area contributed by atoms with Crippen molar-refractivity contribution in [2.45, 2.75) is 25.0 Å². The van der Waals surface area contributed by atoms with Gasteiger partial charge in [-0.2, -0.15) is 0 Å². The molecule has 0 saturated carbocycles. The quantitative estimate of drug-likeness (QED) is 0.852. The molecule has 21 heavy (non-hydrogen) atoms. The van der Waals surface area contributed by atoms with E-state index in [4.69, 9.17) is 15.2 Å². The molecule has 0 amide bonds. The summed E-state index contributed by atoms with van der Waals surface area (Å²) in [7, 11) is 0. The maximum Gasteiger partial charge on any atom is 0.126 e. The van der Waals surface area contributed by atoms with E-state index in [1.807, 2.05) is 24.3 Å². The highest BCUT2D eigenvalue weighted by Gasteiger charge is 2.28. The number of rotatable bonds is 1. The summed E-state index contributed by atoms with van der Waals surface area (Å²) < 4.78 is 12.8. The average Bonchev–Trinajstić information content (AvgIpc) is 2.94. The minimum Gasteiger partial charge on any atom is -0.493 e. The molecule has 2 unspecified atom stereocenters. The summed E-state index contributed by atoms with van der Waals surface area (Å²) in [5.41, 5.74) is 9.85. The van der Waals surface area contributed by atoms with Gasteiger partial charge in [-0.1, -0.05) is 28.1 Å². The van der Waals surface area contributed by atoms with E-state index >= 15 is 0 Å². The molecule has 2 N–H and O–H groups in total. The summed E-state index contributed by atoms with van der Waals surface area (Å²) in [5.74, 6) is 1.88. The first-order valence-corrected chi connectivity index (χ1v) is 7.97. The Bertz CT molecular complexity index is 701. The van der Waals surface area contributed by atoms with Crippen LogP contribution in [0.1, 0.15) is 35.3 Å². The van der Waals surface area contributed by atoms with Gasteiger partial charge in [-0.15, -0.1) is 0 Å². The van der Waals surface area contributed by atoms with Gasteiger partial charge in [-0.3, -0.25) is 0 Å². The maximum absolute atomic E-state index is 6.32. The minimum absolute atomic E-state index is 0.00713. The second-order valence-corrected chi connectivity index (χ2v) is 6.51. The van der Waals surface area contributed by atoms with E-state index in [-0.39, 0.29) is 12.1 Å². The Labute approximate surface area is 132 Å². The molecular formula is C17H16BrNO2. The molecule has 2 atom stereocenters. The van der Waals surface area contributed by atoms with Gasteiger partial charge in [0.1, 0.15) is 17.6 Å². The Morgan fingerprint density at radius 3 is 2.90 bits per heavy atom. The summed E-state index contributed by atoms with van der Waals surface area (Å²) in [4.78, 5) is 0. The second kappa shape index (κ2) is 5.04. The van der Waals surface area contributed by atoms with Crippen molar-refractivity contribution in [3.05, 3.63) is 57.6 Å². The van der Waals surface area contributed by atoms with Crippen LogP contribution in [0.25, 0.3) is 0 Å². The van der Waals surface area contributed by atoms with Gasteiger partial charge in [0.2, 0.25) is 0 Å². The first-order chi connectivity index (χ1) is 10.2. The van der Waals surface area contributed by atoms with Crippen LogP contribution >= 0.6 is 15.9 Å². The predicted octanol–water partition coefficient (Wildman–Crippen LogP) is 3.91. The molecule has 0 bridgehead atoms. The van der Waals surface area contributed by atoms with Crippen molar-refractivity contribution in [2.75, 3.05) is 6.61 Å². The molecular weight excluding hydrogens is 330 g/mol. The molecule has 4 heteroatoms. The first kappa shape index (κ1) is 13.2. The van der Waals surface area contributed by atoms with E-state index in [1.165, 1.54) is 11.1 Å². The van der Waals surface area contributed by atoms with Crippen LogP contribution in [-0.4, -0.2) is 6.61 Å². The van der Waals surface area contributed by atoms with Gasteiger partial charge in [0, 0.05) is 28.9 Å². The Kier molecular flexibility index (Phi) is 3.16. The van der Waals surface area contributed by atoms with Crippen LogP contribution in [-0.2, 0) is 6.42 Å². The van der Waals surface area contributed by atoms with E-state index in [0.717, 1.165) is 41.0 Å². The SMILES string of the molecule is NC1CC(c2ccc3c(c2)CCO3)Oc2cc(Br)ccc21. The number of ether oxygens (including phenoxy) is 2. The van der Waals surface area contributed by atoms with E-state index in [2.05, 4.69) is 28.1 Å². The Morgan fingerprint density at radius 2 is 2.00 bits per heavy atom. The minimum atomic E-state index is 0.00713. The van der Waals surface area contributed by atoms with E-state index in [1.54, 1.807) is 0 Å². The van der Waals surface area contributed by atoms with Gasteiger partial charge >= 0.3 is 0 Å². The Hall–Kier alpha value is -1.52. The summed E-state index contributed by atoms with van der Waals surface area (Å²) in [6.07, 6.45) is 1.78. The zero-order valence-electron chi connectivity index (χ0n) is 11.5. The summed E-state index contributed by atoms with van der Waals surface area (Å²) in [6, 6.07) is 12.4. The smallest absolute Gasteiger partial charge is 0.126 e. The van der Waals surface area contributed by atoms with Crippen LogP contribution in [0.5, 0.6) is 11.5 Å². The molecule has 0 saturated heterocycles. The number of hydrogen-bond donors (Lipinski definition) is 1. The molecule has 3 nitrogen and oxygen atoms in total. The van der Waals surface area contributed by atoms with Gasteiger partial charge in [-0.05, 0) is 35.4 Å². The molecule has 2 heterocycles. The van der Waals surface area contributed by atoms with Crippen LogP contribution in [0.2, 0.25) is 0 Å². The molecule has 2 aromatic rings. The van der Waals surface area contributed by atoms with Gasteiger partial charge < -0.3 is 15.2 Å². The third-order valence-electron chi connectivity index (χ3n) is 4.20. The van der Waals surface area contributed by atoms with Gasteiger partial charge in [0.05, 0.1) is 6.61 Å². The lowest BCUT2D eigenvalue weighted by Gasteiger charge is -2.31. The summed E-state index contributed by atoms with van der Waals surface area (Å²) in [6.45, 7) is 0.777. The van der Waals surface area contributed by atoms with Crippen molar-refractivity contribution in [1.29, 1.82) is 0 Å². The van der Waals surface area contributed by atoms with Gasteiger partial charge in [-0.25, -0.2) is 0 Å². The highest BCUT2D eigenvalue weighted by molar-refractivity contribution is 9.10. The monoisotopic (exact) mass is 345 g/mol. The molecule has 0 fully saturated rings. The second-order valence-electron chi connectivity index (χ2n) is 5.60. The van der Waals surface area contributed by atoms with Crippen molar-refractivity contribution >= 4 is 15.9 Å². The Balaban J connectivity index is 1.68. The highest BCUT2D eigenvalue weighted by Crippen LogP contribution is 2.41. The third-order valence-corrected chi connectivity index (χ3v) is 4.69. The zero-order chi connectivity index (χ0) is 14.4. The summed E-state index contributed by atoms with van der Waals surface area (Å²) >= 11 is 3.49. The largest absolute Gasteiger partial charge is 0.493 e. The van der Waals surface area contributed by atoms with E-state index in [9.17, 15) is 0 Å². The van der Waals surface area contributed by atoms with E-state index in [0.29, 0.717) is 0 Å². The van der Waals surface area contributed by atoms with Crippen molar-refractivity contribution in [2.24, 2.45) is 5.73 Å². The van der Waals surface area contributed by atoms with Crippen LogP contribution in [0.4, 0.5) is 0 Å². The summed E-state index contributed by atoms with van der Waals surface area (Å²) in [5, 5.41) is 0. The van der Waals surface area contributed by atoms with E-state index < -0.39 is 0 Å². The van der Waals surface area contributed by atoms with Crippen molar-refractivity contribution in [3.63, 3.8) is 0 Å². The molecule has 2 aliphatic heterocycles. The number of hydrogen-bond acceptors (Lipinski definition) is 3. The average molecular weight is 346 g/mol. The normalized spacial score (nSPS) is 23.0. The van der Waals surface area contributed by atoms with Crippen molar-refractivity contribution < 1.29 is 9.47 Å². The van der Waals surface area contributed by atoms with Crippen LogP contribution in [0, 0.1) is 0 Å². The zero-order valence-corrected chi connectivity index (χ0v) is 13.1. The lowest BCUT2D eigenvalue weighted by molar-refractivity contribution is 0.161. The fourth-order valence-corrected chi connectivity index (χ4v) is 3.43. The number of fused-ring (bicyclic) bond motifs is 2. The first-order valence-electron chi connectivity index (χ1n) is 7.18. The van der Waals surface area contributed by atoms with Crippen molar-refractivity contribution in [1.82, 2.24) is 0 Å². The number of nitrogens with two attached hydrogens (primary N) is 1. The number of benzene rings is 2. The molecule has 0 spiro atoms. The number of halogens is 1. The molecule has 0 aliphatic carbocycles.